The highest BCUT2D eigenvalue weighted by molar-refractivity contribution is 6.30. The summed E-state index contributed by atoms with van der Waals surface area (Å²) < 4.78 is 13.3. The summed E-state index contributed by atoms with van der Waals surface area (Å²) in [6.07, 6.45) is 2.22. The van der Waals surface area contributed by atoms with E-state index in [2.05, 4.69) is 10.3 Å². The Balaban J connectivity index is 2.10. The molecule has 2 nitrogen and oxygen atoms in total. The number of rotatable bonds is 4. The van der Waals surface area contributed by atoms with E-state index in [9.17, 15) is 4.39 Å². The molecule has 0 fully saturated rings. The second-order valence-corrected chi connectivity index (χ2v) is 5.35. The monoisotopic (exact) mass is 266 g/mol. The summed E-state index contributed by atoms with van der Waals surface area (Å²) in [7, 11) is 0. The van der Waals surface area contributed by atoms with Crippen molar-refractivity contribution in [2.45, 2.75) is 25.9 Å². The third kappa shape index (κ3) is 3.57. The van der Waals surface area contributed by atoms with Crippen LogP contribution in [0.3, 0.4) is 0 Å². The van der Waals surface area contributed by atoms with Crippen molar-refractivity contribution in [1.82, 2.24) is 4.98 Å². The molecule has 1 aromatic carbocycles. The lowest BCUT2D eigenvalue weighted by molar-refractivity contribution is 0.207. The maximum atomic E-state index is 13.3. The molecule has 0 atom stereocenters. The zero-order valence-corrected chi connectivity index (χ0v) is 11.3. The summed E-state index contributed by atoms with van der Waals surface area (Å²) in [4.78, 5) is 4.03. The van der Waals surface area contributed by atoms with E-state index in [0.29, 0.717) is 18.1 Å². The highest BCUT2D eigenvalue weighted by Gasteiger charge is 2.14. The number of halogens is 2. The Morgan fingerprint density at radius 3 is 2.78 bits per heavy atom. The van der Waals surface area contributed by atoms with E-state index < -0.39 is 5.67 Å². The number of nitrogens with zero attached hydrogens (tertiary/aromatic N) is 1. The number of anilines is 1. The highest BCUT2D eigenvalue weighted by Crippen LogP contribution is 2.21. The highest BCUT2D eigenvalue weighted by atomic mass is 35.5. The van der Waals surface area contributed by atoms with Crippen molar-refractivity contribution >= 4 is 28.1 Å². The number of benzene rings is 1. The zero-order valence-electron chi connectivity index (χ0n) is 10.5. The number of pyridine rings is 1. The van der Waals surface area contributed by atoms with Crippen LogP contribution < -0.4 is 5.32 Å². The zero-order chi connectivity index (χ0) is 13.2. The minimum Gasteiger partial charge on any atom is -0.385 e. The first kappa shape index (κ1) is 13.1. The van der Waals surface area contributed by atoms with E-state index in [4.69, 9.17) is 11.6 Å². The van der Waals surface area contributed by atoms with Gasteiger partial charge in [-0.3, -0.25) is 0 Å². The second-order valence-electron chi connectivity index (χ2n) is 4.96. The largest absolute Gasteiger partial charge is 0.385 e. The third-order valence-corrected chi connectivity index (χ3v) is 2.94. The normalized spacial score (nSPS) is 11.8. The minimum absolute atomic E-state index is 0.474. The van der Waals surface area contributed by atoms with Gasteiger partial charge in [0.2, 0.25) is 0 Å². The van der Waals surface area contributed by atoms with Gasteiger partial charge in [0.15, 0.2) is 0 Å². The van der Waals surface area contributed by atoms with Crippen molar-refractivity contribution in [3.63, 3.8) is 0 Å². The van der Waals surface area contributed by atoms with Crippen LogP contribution in [0.4, 0.5) is 10.1 Å². The van der Waals surface area contributed by atoms with Gasteiger partial charge in [-0.15, -0.1) is 0 Å². The average Bonchev–Trinajstić information content (AvgIpc) is 2.26. The first-order valence-electron chi connectivity index (χ1n) is 5.92. The fraction of sp³-hybridized carbons (Fsp3) is 0.357. The number of hydrogen-bond donors (Lipinski definition) is 1. The average molecular weight is 267 g/mol. The van der Waals surface area contributed by atoms with Crippen molar-refractivity contribution in [3.8, 4) is 0 Å². The summed E-state index contributed by atoms with van der Waals surface area (Å²) in [6.45, 7) is 3.77. The Bertz CT molecular complexity index is 549. The Labute approximate surface area is 111 Å². The SMILES string of the molecule is CC(C)(F)CCNc1ccc2cnc(Cl)cc2c1. The van der Waals surface area contributed by atoms with Crippen LogP contribution in [0.25, 0.3) is 10.8 Å². The van der Waals surface area contributed by atoms with Gasteiger partial charge in [0.1, 0.15) is 10.8 Å². The van der Waals surface area contributed by atoms with Crippen molar-refractivity contribution in [2.75, 3.05) is 11.9 Å². The number of alkyl halides is 1. The molecule has 0 saturated carbocycles. The summed E-state index contributed by atoms with van der Waals surface area (Å²) in [5, 5.41) is 5.75. The van der Waals surface area contributed by atoms with Gasteiger partial charge in [-0.2, -0.15) is 0 Å². The van der Waals surface area contributed by atoms with Crippen molar-refractivity contribution in [1.29, 1.82) is 0 Å². The quantitative estimate of drug-likeness (QED) is 0.828. The first-order valence-corrected chi connectivity index (χ1v) is 6.30. The Hall–Kier alpha value is -1.35. The summed E-state index contributed by atoms with van der Waals surface area (Å²) in [5.74, 6) is 0. The van der Waals surface area contributed by atoms with E-state index >= 15 is 0 Å². The maximum absolute atomic E-state index is 13.3. The Morgan fingerprint density at radius 2 is 2.06 bits per heavy atom. The van der Waals surface area contributed by atoms with Gasteiger partial charge in [0, 0.05) is 23.8 Å². The van der Waals surface area contributed by atoms with Crippen LogP contribution in [0.2, 0.25) is 5.15 Å². The van der Waals surface area contributed by atoms with E-state index in [1.807, 2.05) is 24.3 Å². The van der Waals surface area contributed by atoms with Gasteiger partial charge in [-0.25, -0.2) is 9.37 Å². The maximum Gasteiger partial charge on any atom is 0.129 e. The molecule has 0 amide bonds. The lowest BCUT2D eigenvalue weighted by Crippen LogP contribution is -2.17. The predicted octanol–water partition coefficient (Wildman–Crippen LogP) is 4.44. The lowest BCUT2D eigenvalue weighted by Gasteiger charge is -2.15. The van der Waals surface area contributed by atoms with Crippen LogP contribution in [0, 0.1) is 0 Å². The molecule has 0 aliphatic rings. The molecule has 4 heteroatoms. The number of aromatic nitrogens is 1. The van der Waals surface area contributed by atoms with Crippen molar-refractivity contribution < 1.29 is 4.39 Å². The molecule has 1 aromatic heterocycles. The molecule has 0 saturated heterocycles. The molecule has 0 radical (unpaired) electrons. The lowest BCUT2D eigenvalue weighted by atomic mass is 10.1. The van der Waals surface area contributed by atoms with Gasteiger partial charge in [-0.1, -0.05) is 17.7 Å². The van der Waals surface area contributed by atoms with E-state index in [1.165, 1.54) is 0 Å². The van der Waals surface area contributed by atoms with Gasteiger partial charge < -0.3 is 5.32 Å². The number of hydrogen-bond acceptors (Lipinski definition) is 2. The molecule has 2 aromatic rings. The minimum atomic E-state index is -1.14. The van der Waals surface area contributed by atoms with Gasteiger partial charge in [-0.05, 0) is 43.9 Å². The standard InChI is InChI=1S/C14H16ClFN2/c1-14(2,16)5-6-17-12-4-3-10-9-18-13(15)8-11(10)7-12/h3-4,7-9,17H,5-6H2,1-2H3. The number of fused-ring (bicyclic) bond motifs is 1. The second kappa shape index (κ2) is 5.11. The summed E-state index contributed by atoms with van der Waals surface area (Å²) in [5.41, 5.74) is -0.175. The summed E-state index contributed by atoms with van der Waals surface area (Å²) >= 11 is 5.85. The molecule has 1 N–H and O–H groups in total. The fourth-order valence-electron chi connectivity index (χ4n) is 1.73. The van der Waals surface area contributed by atoms with Gasteiger partial charge in [0.25, 0.3) is 0 Å². The molecule has 2 rings (SSSR count). The Morgan fingerprint density at radius 1 is 1.28 bits per heavy atom. The molecule has 0 aliphatic heterocycles. The molecule has 0 unspecified atom stereocenters. The van der Waals surface area contributed by atoms with Crippen LogP contribution in [-0.2, 0) is 0 Å². The third-order valence-electron chi connectivity index (χ3n) is 2.74. The predicted molar refractivity (Wildman–Crippen MR) is 75.0 cm³/mol. The summed E-state index contributed by atoms with van der Waals surface area (Å²) in [6, 6.07) is 7.75. The fourth-order valence-corrected chi connectivity index (χ4v) is 1.89. The van der Waals surface area contributed by atoms with Gasteiger partial charge in [0.05, 0.1) is 0 Å². The van der Waals surface area contributed by atoms with E-state index in [1.54, 1.807) is 20.0 Å². The van der Waals surface area contributed by atoms with Crippen LogP contribution in [0.5, 0.6) is 0 Å². The van der Waals surface area contributed by atoms with Crippen LogP contribution >= 0.6 is 11.6 Å². The first-order chi connectivity index (χ1) is 8.44. The van der Waals surface area contributed by atoms with Crippen LogP contribution in [0.1, 0.15) is 20.3 Å². The molecular weight excluding hydrogens is 251 g/mol. The molecule has 0 spiro atoms. The topological polar surface area (TPSA) is 24.9 Å². The molecule has 18 heavy (non-hydrogen) atoms. The van der Waals surface area contributed by atoms with Crippen LogP contribution in [-0.4, -0.2) is 17.2 Å². The number of nitrogens with one attached hydrogen (secondary N) is 1. The Kier molecular flexibility index (Phi) is 3.71. The van der Waals surface area contributed by atoms with Crippen molar-refractivity contribution in [3.05, 3.63) is 35.6 Å². The molecule has 1 heterocycles. The van der Waals surface area contributed by atoms with Crippen molar-refractivity contribution in [2.24, 2.45) is 0 Å². The molecular formula is C14H16ClFN2. The molecule has 0 aliphatic carbocycles. The van der Waals surface area contributed by atoms with E-state index in [-0.39, 0.29) is 0 Å². The van der Waals surface area contributed by atoms with Crippen LogP contribution in [0.15, 0.2) is 30.5 Å². The molecule has 96 valence electrons. The van der Waals surface area contributed by atoms with E-state index in [0.717, 1.165) is 16.5 Å². The van der Waals surface area contributed by atoms with Gasteiger partial charge >= 0.3 is 0 Å². The molecule has 0 bridgehead atoms. The smallest absolute Gasteiger partial charge is 0.129 e.